The number of nitriles is 1. The molecule has 0 saturated heterocycles. The highest BCUT2D eigenvalue weighted by Gasteiger charge is 2.29. The number of nitrogens with one attached hydrogen (secondary N) is 1. The van der Waals surface area contributed by atoms with Crippen LogP contribution in [0.3, 0.4) is 0 Å². The van der Waals surface area contributed by atoms with Crippen molar-refractivity contribution in [1.29, 1.82) is 10.7 Å². The van der Waals surface area contributed by atoms with Gasteiger partial charge < -0.3 is 10.5 Å². The van der Waals surface area contributed by atoms with Gasteiger partial charge in [-0.15, -0.1) is 0 Å². The van der Waals surface area contributed by atoms with Crippen LogP contribution < -0.4 is 10.5 Å². The molecule has 0 fully saturated rings. The molecule has 0 aromatic heterocycles. The smallest absolute Gasteiger partial charge is 0.151 e. The van der Waals surface area contributed by atoms with Crippen LogP contribution in [0.2, 0.25) is 0 Å². The Morgan fingerprint density at radius 1 is 1.07 bits per heavy atom. The Hall–Kier alpha value is -3.23. The van der Waals surface area contributed by atoms with Crippen LogP contribution in [0.5, 0.6) is 5.75 Å². The first kappa shape index (κ1) is 20.1. The Morgan fingerprint density at radius 3 is 2.63 bits per heavy atom. The maximum absolute atomic E-state index is 9.22. The molecule has 0 bridgehead atoms. The Kier molecular flexibility index (Phi) is 6.06. The van der Waals surface area contributed by atoms with Crippen molar-refractivity contribution in [2.24, 2.45) is 5.73 Å². The van der Waals surface area contributed by atoms with E-state index in [0.29, 0.717) is 11.5 Å². The molecule has 0 spiro atoms. The highest BCUT2D eigenvalue weighted by atomic mass is 32.2. The van der Waals surface area contributed by atoms with Crippen LogP contribution in [0.4, 0.5) is 0 Å². The van der Waals surface area contributed by atoms with Crippen molar-refractivity contribution in [1.82, 2.24) is 0 Å². The number of nitrogens with zero attached hydrogens (tertiary/aromatic N) is 1. The van der Waals surface area contributed by atoms with Gasteiger partial charge in [0.05, 0.1) is 11.6 Å². The van der Waals surface area contributed by atoms with Gasteiger partial charge in [-0.3, -0.25) is 5.41 Å². The molecule has 0 aliphatic carbocycles. The Morgan fingerprint density at radius 2 is 1.87 bits per heavy atom. The molecule has 1 aliphatic heterocycles. The monoisotopic (exact) mass is 413 g/mol. The summed E-state index contributed by atoms with van der Waals surface area (Å²) < 4.78 is 6.39. The minimum Gasteiger partial charge on any atom is -0.485 e. The van der Waals surface area contributed by atoms with E-state index in [2.05, 4.69) is 30.3 Å². The fourth-order valence-corrected chi connectivity index (χ4v) is 4.59. The van der Waals surface area contributed by atoms with E-state index in [-0.39, 0.29) is 11.3 Å². The lowest BCUT2D eigenvalue weighted by atomic mass is 9.84. The first-order valence-electron chi connectivity index (χ1n) is 9.97. The van der Waals surface area contributed by atoms with Crippen LogP contribution in [0.15, 0.2) is 72.8 Å². The zero-order valence-corrected chi connectivity index (χ0v) is 17.4. The molecule has 2 atom stereocenters. The molecule has 0 saturated carbocycles. The molecular formula is C25H23N3OS. The van der Waals surface area contributed by atoms with Crippen molar-refractivity contribution in [2.75, 3.05) is 5.75 Å². The van der Waals surface area contributed by atoms with E-state index < -0.39 is 0 Å². The van der Waals surface area contributed by atoms with Crippen molar-refractivity contribution in [3.63, 3.8) is 0 Å². The highest BCUT2D eigenvalue weighted by molar-refractivity contribution is 8.13. The number of thioether (sulfide) groups is 1. The summed E-state index contributed by atoms with van der Waals surface area (Å²) in [6, 6.07) is 26.5. The lowest BCUT2D eigenvalue weighted by Crippen LogP contribution is -2.20. The van der Waals surface area contributed by atoms with Crippen LogP contribution in [0.1, 0.15) is 41.6 Å². The number of hydrogen-bond acceptors (Lipinski definition) is 4. The van der Waals surface area contributed by atoms with Gasteiger partial charge in [0, 0.05) is 5.75 Å². The Bertz CT molecular complexity index is 1090. The van der Waals surface area contributed by atoms with Gasteiger partial charge in [-0.25, -0.2) is 0 Å². The van der Waals surface area contributed by atoms with Gasteiger partial charge in [0.25, 0.3) is 0 Å². The van der Waals surface area contributed by atoms with Crippen LogP contribution >= 0.6 is 11.8 Å². The van der Waals surface area contributed by atoms with Crippen molar-refractivity contribution in [3.8, 4) is 22.9 Å². The van der Waals surface area contributed by atoms with E-state index in [1.165, 1.54) is 22.9 Å². The zero-order chi connectivity index (χ0) is 20.9. The van der Waals surface area contributed by atoms with E-state index >= 15 is 0 Å². The molecule has 4 rings (SSSR count). The predicted octanol–water partition coefficient (Wildman–Crippen LogP) is 5.85. The molecule has 1 heterocycles. The number of benzene rings is 3. The lowest BCUT2D eigenvalue weighted by Gasteiger charge is -2.33. The summed E-state index contributed by atoms with van der Waals surface area (Å²) in [7, 11) is 0. The maximum Gasteiger partial charge on any atom is 0.151 e. The number of amidine groups is 1. The molecule has 4 nitrogen and oxygen atoms in total. The number of fused-ring (bicyclic) bond motifs is 1. The summed E-state index contributed by atoms with van der Waals surface area (Å²) in [5.41, 5.74) is 10.7. The van der Waals surface area contributed by atoms with E-state index in [9.17, 15) is 5.26 Å². The van der Waals surface area contributed by atoms with E-state index in [0.717, 1.165) is 35.5 Å². The molecule has 0 amide bonds. The predicted molar refractivity (Wildman–Crippen MR) is 123 cm³/mol. The summed E-state index contributed by atoms with van der Waals surface area (Å²) >= 11 is 1.39. The van der Waals surface area contributed by atoms with Gasteiger partial charge in [0.15, 0.2) is 5.17 Å². The average Bonchev–Trinajstić information content (AvgIpc) is 2.79. The number of hydrogen-bond donors (Lipinski definition) is 2. The standard InChI is InChI=1S/C25H23N3OS/c26-16-17-5-4-8-19(13-17)20-9-10-23-22(14-20)21(11-12-30-25(27)28)15-24(29-23)18-6-2-1-3-7-18/h1-10,13-14,21,24H,11-12,15H2,(H3,27,28). The fourth-order valence-electron chi connectivity index (χ4n) is 3.97. The van der Waals surface area contributed by atoms with Crippen LogP contribution in [-0.2, 0) is 0 Å². The molecule has 5 heteroatoms. The van der Waals surface area contributed by atoms with E-state index in [1.54, 1.807) is 0 Å². The second kappa shape index (κ2) is 9.06. The first-order chi connectivity index (χ1) is 14.6. The van der Waals surface area contributed by atoms with Crippen LogP contribution in [0, 0.1) is 16.7 Å². The third-order valence-corrected chi connectivity index (χ3v) is 6.19. The second-order valence-electron chi connectivity index (χ2n) is 7.40. The normalized spacial score (nSPS) is 17.4. The van der Waals surface area contributed by atoms with Crippen molar-refractivity contribution in [3.05, 3.63) is 89.5 Å². The Labute approximate surface area is 181 Å². The average molecular weight is 414 g/mol. The first-order valence-corrected chi connectivity index (χ1v) is 11.0. The third kappa shape index (κ3) is 4.50. The molecule has 3 aromatic carbocycles. The van der Waals surface area contributed by atoms with Crippen molar-refractivity contribution >= 4 is 16.9 Å². The quantitative estimate of drug-likeness (QED) is 0.406. The molecule has 3 aromatic rings. The minimum atomic E-state index is 0.0128. The molecule has 1 aliphatic rings. The summed E-state index contributed by atoms with van der Waals surface area (Å²) in [6.07, 6.45) is 1.82. The summed E-state index contributed by atoms with van der Waals surface area (Å²) in [5.74, 6) is 2.02. The van der Waals surface area contributed by atoms with Gasteiger partial charge >= 0.3 is 0 Å². The van der Waals surface area contributed by atoms with Gasteiger partial charge in [0.2, 0.25) is 0 Å². The second-order valence-corrected chi connectivity index (χ2v) is 8.53. The summed E-state index contributed by atoms with van der Waals surface area (Å²) in [4.78, 5) is 0. The lowest BCUT2D eigenvalue weighted by molar-refractivity contribution is 0.159. The highest BCUT2D eigenvalue weighted by Crippen LogP contribution is 2.45. The topological polar surface area (TPSA) is 82.9 Å². The maximum atomic E-state index is 9.22. The third-order valence-electron chi connectivity index (χ3n) is 5.44. The molecule has 3 N–H and O–H groups in total. The molecule has 150 valence electrons. The van der Waals surface area contributed by atoms with Gasteiger partial charge in [0.1, 0.15) is 11.9 Å². The molecule has 2 unspecified atom stereocenters. The Balaban J connectivity index is 1.67. The SMILES string of the molecule is N#Cc1cccc(-c2ccc3c(c2)C(CCSC(=N)N)CC(c2ccccc2)O3)c1. The largest absolute Gasteiger partial charge is 0.485 e. The van der Waals surface area contributed by atoms with Crippen molar-refractivity contribution < 1.29 is 4.74 Å². The molecular weight excluding hydrogens is 390 g/mol. The van der Waals surface area contributed by atoms with E-state index in [4.69, 9.17) is 15.9 Å². The number of rotatable bonds is 5. The fraction of sp³-hybridized carbons (Fsp3) is 0.200. The number of nitrogens with two attached hydrogens (primary N) is 1. The van der Waals surface area contributed by atoms with Gasteiger partial charge in [-0.1, -0.05) is 60.3 Å². The van der Waals surface area contributed by atoms with E-state index in [1.807, 2.05) is 48.5 Å². The van der Waals surface area contributed by atoms with Gasteiger partial charge in [-0.05, 0) is 65.3 Å². The van der Waals surface area contributed by atoms with Crippen LogP contribution in [-0.4, -0.2) is 10.9 Å². The summed E-state index contributed by atoms with van der Waals surface area (Å²) in [5, 5.41) is 16.9. The molecule has 0 radical (unpaired) electrons. The van der Waals surface area contributed by atoms with Crippen LogP contribution in [0.25, 0.3) is 11.1 Å². The minimum absolute atomic E-state index is 0.0128. The number of ether oxygens (including phenoxy) is 1. The van der Waals surface area contributed by atoms with Gasteiger partial charge in [-0.2, -0.15) is 5.26 Å². The summed E-state index contributed by atoms with van der Waals surface area (Å²) in [6.45, 7) is 0. The zero-order valence-electron chi connectivity index (χ0n) is 16.5. The molecule has 30 heavy (non-hydrogen) atoms. The van der Waals surface area contributed by atoms with Crippen molar-refractivity contribution in [2.45, 2.75) is 24.9 Å².